The number of benzene rings is 1. The van der Waals surface area contributed by atoms with Gasteiger partial charge in [0, 0.05) is 48.6 Å². The lowest BCUT2D eigenvalue weighted by atomic mass is 9.93. The molecule has 2 amide bonds. The highest BCUT2D eigenvalue weighted by molar-refractivity contribution is 7.90. The highest BCUT2D eigenvalue weighted by atomic mass is 35.5. The Balaban J connectivity index is 1.79. The van der Waals surface area contributed by atoms with Gasteiger partial charge < -0.3 is 15.5 Å². The smallest absolute Gasteiger partial charge is 0.255 e. The zero-order valence-corrected chi connectivity index (χ0v) is 20.5. The van der Waals surface area contributed by atoms with Gasteiger partial charge in [-0.15, -0.1) is 0 Å². The fraction of sp³-hybridized carbons (Fsp3) is 0.435. The molecule has 0 unspecified atom stereocenters. The number of nitrogens with one attached hydrogen (secondary N) is 2. The van der Waals surface area contributed by atoms with E-state index in [0.29, 0.717) is 41.6 Å². The average Bonchev–Trinajstić information content (AvgIpc) is 2.73. The maximum Gasteiger partial charge on any atom is 0.255 e. The molecule has 2 N–H and O–H groups in total. The van der Waals surface area contributed by atoms with Crippen molar-refractivity contribution in [3.63, 3.8) is 0 Å². The molecule has 2 heterocycles. The second-order valence-corrected chi connectivity index (χ2v) is 11.1. The summed E-state index contributed by atoms with van der Waals surface area (Å²) in [5.41, 5.74) is 0.673. The summed E-state index contributed by atoms with van der Waals surface area (Å²) >= 11 is 6.00. The number of carbonyl (C=O) groups excluding carboxylic acids is 2. The minimum absolute atomic E-state index is 0.0212. The SMILES string of the molecule is CC(C)NC(=O)CC1CCN(c2ncc(S(C)(=O)=O)cc2NC(=O)c2cccc(Cl)c2)CC1. The van der Waals surface area contributed by atoms with E-state index in [2.05, 4.69) is 15.6 Å². The number of hydrogen-bond donors (Lipinski definition) is 2. The van der Waals surface area contributed by atoms with Gasteiger partial charge >= 0.3 is 0 Å². The van der Waals surface area contributed by atoms with Crippen molar-refractivity contribution in [1.29, 1.82) is 0 Å². The Bertz CT molecular complexity index is 1130. The number of pyridine rings is 1. The lowest BCUT2D eigenvalue weighted by Gasteiger charge is -2.33. The second kappa shape index (κ2) is 10.5. The van der Waals surface area contributed by atoms with Crippen molar-refractivity contribution in [3.05, 3.63) is 47.1 Å². The molecule has 0 spiro atoms. The van der Waals surface area contributed by atoms with Crippen LogP contribution in [-0.4, -0.2) is 50.6 Å². The fourth-order valence-corrected chi connectivity index (χ4v) is 4.57. The predicted octanol–water partition coefficient (Wildman–Crippen LogP) is 3.52. The first-order chi connectivity index (χ1) is 15.5. The summed E-state index contributed by atoms with van der Waals surface area (Å²) in [5, 5.41) is 6.15. The minimum atomic E-state index is -3.51. The van der Waals surface area contributed by atoms with Crippen LogP contribution in [0.5, 0.6) is 0 Å². The minimum Gasteiger partial charge on any atom is -0.355 e. The zero-order chi connectivity index (χ0) is 24.2. The molecule has 1 fully saturated rings. The number of nitrogens with zero attached hydrogens (tertiary/aromatic N) is 2. The molecule has 3 rings (SSSR count). The Hall–Kier alpha value is -2.65. The molecule has 33 heavy (non-hydrogen) atoms. The highest BCUT2D eigenvalue weighted by Gasteiger charge is 2.25. The molecule has 178 valence electrons. The zero-order valence-electron chi connectivity index (χ0n) is 19.0. The van der Waals surface area contributed by atoms with Crippen LogP contribution < -0.4 is 15.5 Å². The second-order valence-electron chi connectivity index (χ2n) is 8.64. The van der Waals surface area contributed by atoms with Crippen molar-refractivity contribution < 1.29 is 18.0 Å². The van der Waals surface area contributed by atoms with E-state index in [1.54, 1.807) is 18.2 Å². The van der Waals surface area contributed by atoms with E-state index in [1.807, 2.05) is 18.7 Å². The number of sulfone groups is 1. The number of aromatic nitrogens is 1. The first-order valence-corrected chi connectivity index (χ1v) is 13.1. The van der Waals surface area contributed by atoms with E-state index >= 15 is 0 Å². The summed E-state index contributed by atoms with van der Waals surface area (Å²) in [5.74, 6) is 0.405. The van der Waals surface area contributed by atoms with Crippen LogP contribution in [0.25, 0.3) is 0 Å². The number of carbonyl (C=O) groups is 2. The summed E-state index contributed by atoms with van der Waals surface area (Å²) < 4.78 is 24.1. The monoisotopic (exact) mass is 492 g/mol. The van der Waals surface area contributed by atoms with Gasteiger partial charge in [0.05, 0.1) is 10.6 Å². The van der Waals surface area contributed by atoms with Gasteiger partial charge in [-0.25, -0.2) is 13.4 Å². The average molecular weight is 493 g/mol. The van der Waals surface area contributed by atoms with Gasteiger partial charge in [0.2, 0.25) is 5.91 Å². The highest BCUT2D eigenvalue weighted by Crippen LogP contribution is 2.31. The van der Waals surface area contributed by atoms with Gasteiger partial charge in [0.25, 0.3) is 5.91 Å². The van der Waals surface area contributed by atoms with Crippen molar-refractivity contribution in [2.45, 2.75) is 44.0 Å². The molecule has 1 aromatic carbocycles. The third-order valence-electron chi connectivity index (χ3n) is 5.44. The maximum atomic E-state index is 12.8. The third kappa shape index (κ3) is 6.91. The molecule has 8 nitrogen and oxygen atoms in total. The lowest BCUT2D eigenvalue weighted by Crippen LogP contribution is -2.38. The van der Waals surface area contributed by atoms with E-state index < -0.39 is 15.7 Å². The Labute approximate surface area is 199 Å². The Morgan fingerprint density at radius 3 is 2.52 bits per heavy atom. The normalized spacial score (nSPS) is 14.9. The molecular weight excluding hydrogens is 464 g/mol. The summed E-state index contributed by atoms with van der Waals surface area (Å²) in [6, 6.07) is 8.05. The lowest BCUT2D eigenvalue weighted by molar-refractivity contribution is -0.122. The Morgan fingerprint density at radius 2 is 1.91 bits per heavy atom. The summed E-state index contributed by atoms with van der Waals surface area (Å²) in [6.07, 6.45) is 4.47. The first-order valence-electron chi connectivity index (χ1n) is 10.8. The molecule has 10 heteroatoms. The van der Waals surface area contributed by atoms with Gasteiger partial charge in [0.1, 0.15) is 0 Å². The topological polar surface area (TPSA) is 108 Å². The van der Waals surface area contributed by atoms with Crippen LogP contribution in [0.3, 0.4) is 0 Å². The van der Waals surface area contributed by atoms with Gasteiger partial charge in [-0.05, 0) is 56.9 Å². The molecule has 0 bridgehead atoms. The van der Waals surface area contributed by atoms with Crippen molar-refractivity contribution in [1.82, 2.24) is 10.3 Å². The Kier molecular flexibility index (Phi) is 7.97. The van der Waals surface area contributed by atoms with E-state index in [1.165, 1.54) is 18.3 Å². The van der Waals surface area contributed by atoms with E-state index in [-0.39, 0.29) is 22.8 Å². The van der Waals surface area contributed by atoms with Crippen molar-refractivity contribution in [2.75, 3.05) is 29.6 Å². The van der Waals surface area contributed by atoms with Crippen LogP contribution in [0.2, 0.25) is 5.02 Å². The maximum absolute atomic E-state index is 12.8. The number of rotatable bonds is 7. The number of hydrogen-bond acceptors (Lipinski definition) is 6. The van der Waals surface area contributed by atoms with Crippen LogP contribution in [0.1, 0.15) is 43.5 Å². The van der Waals surface area contributed by atoms with Crippen molar-refractivity contribution in [3.8, 4) is 0 Å². The molecule has 1 aromatic heterocycles. The molecule has 2 aromatic rings. The largest absolute Gasteiger partial charge is 0.355 e. The molecule has 0 radical (unpaired) electrons. The fourth-order valence-electron chi connectivity index (χ4n) is 3.80. The van der Waals surface area contributed by atoms with Gasteiger partial charge in [-0.1, -0.05) is 17.7 Å². The Morgan fingerprint density at radius 1 is 1.21 bits per heavy atom. The van der Waals surface area contributed by atoms with Crippen molar-refractivity contribution in [2.24, 2.45) is 5.92 Å². The number of halogens is 1. The van der Waals surface area contributed by atoms with E-state index in [0.717, 1.165) is 19.1 Å². The summed E-state index contributed by atoms with van der Waals surface area (Å²) in [4.78, 5) is 31.3. The van der Waals surface area contributed by atoms with Crippen LogP contribution in [-0.2, 0) is 14.6 Å². The molecule has 1 aliphatic rings. The van der Waals surface area contributed by atoms with Gasteiger partial charge in [-0.2, -0.15) is 0 Å². The summed E-state index contributed by atoms with van der Waals surface area (Å²) in [7, 11) is -3.51. The quantitative estimate of drug-likeness (QED) is 0.612. The third-order valence-corrected chi connectivity index (χ3v) is 6.76. The van der Waals surface area contributed by atoms with Gasteiger partial charge in [-0.3, -0.25) is 9.59 Å². The predicted molar refractivity (Wildman–Crippen MR) is 130 cm³/mol. The van der Waals surface area contributed by atoms with E-state index in [9.17, 15) is 18.0 Å². The molecule has 1 aliphatic heterocycles. The van der Waals surface area contributed by atoms with Crippen LogP contribution in [0.4, 0.5) is 11.5 Å². The number of anilines is 2. The van der Waals surface area contributed by atoms with Crippen LogP contribution in [0, 0.1) is 5.92 Å². The summed E-state index contributed by atoms with van der Waals surface area (Å²) in [6.45, 7) is 5.16. The molecule has 1 saturated heterocycles. The number of piperidine rings is 1. The van der Waals surface area contributed by atoms with Crippen molar-refractivity contribution >= 4 is 44.8 Å². The molecule has 0 aliphatic carbocycles. The molecular formula is C23H29ClN4O4S. The van der Waals surface area contributed by atoms with E-state index in [4.69, 9.17) is 11.6 Å². The molecule has 0 atom stereocenters. The van der Waals surface area contributed by atoms with Crippen LogP contribution >= 0.6 is 11.6 Å². The first kappa shape index (κ1) is 25.0. The standard InChI is InChI=1S/C23H29ClN4O4S/c1-15(2)26-21(29)11-16-7-9-28(10-8-16)22-20(13-19(14-25-22)33(3,31)32)27-23(30)17-5-4-6-18(24)12-17/h4-6,12-16H,7-11H2,1-3H3,(H,26,29)(H,27,30). The molecule has 0 saturated carbocycles. The number of amides is 2. The van der Waals surface area contributed by atoms with Gasteiger partial charge in [0.15, 0.2) is 15.7 Å². The van der Waals surface area contributed by atoms with Crippen LogP contribution in [0.15, 0.2) is 41.4 Å².